The first-order valence-electron chi connectivity index (χ1n) is 8.66. The number of rotatable bonds is 5. The highest BCUT2D eigenvalue weighted by molar-refractivity contribution is 7.99. The average molecular weight is 365 g/mol. The van der Waals surface area contributed by atoms with Crippen LogP contribution in [0.4, 0.5) is 0 Å². The van der Waals surface area contributed by atoms with Gasteiger partial charge in [-0.25, -0.2) is 0 Å². The first kappa shape index (κ1) is 19.6. The topological polar surface area (TPSA) is 58.6 Å². The van der Waals surface area contributed by atoms with Gasteiger partial charge in [-0.15, -0.1) is 11.8 Å². The molecule has 1 fully saturated rings. The van der Waals surface area contributed by atoms with Crippen LogP contribution in [-0.4, -0.2) is 41.0 Å². The number of carbonyl (C=O) groups excluding carboxylic acids is 2. The van der Waals surface area contributed by atoms with E-state index >= 15 is 0 Å². The molecule has 0 aliphatic carbocycles. The number of benzene rings is 1. The summed E-state index contributed by atoms with van der Waals surface area (Å²) >= 11 is 1.62. The highest BCUT2D eigenvalue weighted by Gasteiger charge is 2.39. The van der Waals surface area contributed by atoms with Crippen LogP contribution in [-0.2, 0) is 9.59 Å². The van der Waals surface area contributed by atoms with E-state index in [-0.39, 0.29) is 17.9 Å². The van der Waals surface area contributed by atoms with Crippen molar-refractivity contribution in [3.05, 3.63) is 29.8 Å². The lowest BCUT2D eigenvalue weighted by Crippen LogP contribution is -2.50. The normalized spacial score (nSPS) is 18.8. The van der Waals surface area contributed by atoms with Gasteiger partial charge >= 0.3 is 0 Å². The Morgan fingerprint density at radius 2 is 2.12 bits per heavy atom. The van der Waals surface area contributed by atoms with Crippen LogP contribution in [0.25, 0.3) is 0 Å². The smallest absolute Gasteiger partial charge is 0.244 e. The molecule has 1 heterocycles. The number of nitrogens with one attached hydrogen (secondary N) is 1. The SMILES string of the molecule is CCOc1cccc(C(C)NC(=O)C2CSCN2C(=O)C(C)(C)C)c1. The average Bonchev–Trinajstić information content (AvgIpc) is 3.03. The van der Waals surface area contributed by atoms with E-state index in [9.17, 15) is 9.59 Å². The van der Waals surface area contributed by atoms with Crippen molar-refractivity contribution < 1.29 is 14.3 Å². The van der Waals surface area contributed by atoms with Crippen LogP contribution in [0.15, 0.2) is 24.3 Å². The van der Waals surface area contributed by atoms with Crippen molar-refractivity contribution in [1.29, 1.82) is 0 Å². The number of ether oxygens (including phenoxy) is 1. The molecule has 0 aromatic heterocycles. The van der Waals surface area contributed by atoms with Gasteiger partial charge in [-0.3, -0.25) is 9.59 Å². The molecule has 1 aliphatic rings. The van der Waals surface area contributed by atoms with Crippen LogP contribution in [0.2, 0.25) is 0 Å². The Labute approximate surface area is 154 Å². The first-order valence-corrected chi connectivity index (χ1v) is 9.81. The Bertz CT molecular complexity index is 627. The molecule has 2 unspecified atom stereocenters. The van der Waals surface area contributed by atoms with Crippen LogP contribution >= 0.6 is 11.8 Å². The van der Waals surface area contributed by atoms with Gasteiger partial charge in [0.05, 0.1) is 18.5 Å². The van der Waals surface area contributed by atoms with Crippen molar-refractivity contribution in [2.24, 2.45) is 5.41 Å². The summed E-state index contributed by atoms with van der Waals surface area (Å²) in [5, 5.41) is 3.04. The highest BCUT2D eigenvalue weighted by atomic mass is 32.2. The molecule has 2 rings (SSSR count). The van der Waals surface area contributed by atoms with Crippen LogP contribution in [0.5, 0.6) is 5.75 Å². The van der Waals surface area contributed by atoms with Gasteiger partial charge in [0.1, 0.15) is 11.8 Å². The summed E-state index contributed by atoms with van der Waals surface area (Å²) in [7, 11) is 0. The molecule has 1 aromatic carbocycles. The van der Waals surface area contributed by atoms with Crippen molar-refractivity contribution in [3.8, 4) is 5.75 Å². The van der Waals surface area contributed by atoms with Crippen LogP contribution in [0.3, 0.4) is 0 Å². The molecule has 1 aromatic rings. The zero-order valence-corrected chi connectivity index (χ0v) is 16.5. The maximum Gasteiger partial charge on any atom is 0.244 e. The molecule has 0 radical (unpaired) electrons. The molecule has 5 nitrogen and oxygen atoms in total. The van der Waals surface area contributed by atoms with Crippen molar-refractivity contribution in [1.82, 2.24) is 10.2 Å². The molecular weight excluding hydrogens is 336 g/mol. The van der Waals surface area contributed by atoms with Gasteiger partial charge in [0.15, 0.2) is 0 Å². The fraction of sp³-hybridized carbons (Fsp3) is 0.579. The Balaban J connectivity index is 2.05. The van der Waals surface area contributed by atoms with Crippen LogP contribution in [0, 0.1) is 5.41 Å². The third-order valence-corrected chi connectivity index (χ3v) is 5.13. The summed E-state index contributed by atoms with van der Waals surface area (Å²) in [6.45, 7) is 10.1. The minimum absolute atomic E-state index is 0.0173. The summed E-state index contributed by atoms with van der Waals surface area (Å²) in [5.74, 6) is 1.92. The van der Waals surface area contributed by atoms with E-state index in [1.54, 1.807) is 16.7 Å². The number of carbonyl (C=O) groups is 2. The molecular formula is C19H28N2O3S. The Kier molecular flexibility index (Phi) is 6.38. The van der Waals surface area contributed by atoms with Crippen molar-refractivity contribution in [2.75, 3.05) is 18.2 Å². The third-order valence-electron chi connectivity index (χ3n) is 4.12. The molecule has 6 heteroatoms. The summed E-state index contributed by atoms with van der Waals surface area (Å²) in [6, 6.07) is 7.17. The summed E-state index contributed by atoms with van der Waals surface area (Å²) in [6.07, 6.45) is 0. The molecule has 138 valence electrons. The molecule has 2 atom stereocenters. The molecule has 0 bridgehead atoms. The number of nitrogens with zero attached hydrogens (tertiary/aromatic N) is 1. The van der Waals surface area contributed by atoms with Crippen molar-refractivity contribution in [2.45, 2.75) is 46.7 Å². The van der Waals surface area contributed by atoms with Crippen LogP contribution in [0.1, 0.15) is 46.2 Å². The fourth-order valence-corrected chi connectivity index (χ4v) is 3.88. The fourth-order valence-electron chi connectivity index (χ4n) is 2.72. The lowest BCUT2D eigenvalue weighted by atomic mass is 9.94. The van der Waals surface area contributed by atoms with Crippen molar-refractivity contribution >= 4 is 23.6 Å². The van der Waals surface area contributed by atoms with E-state index < -0.39 is 11.5 Å². The van der Waals surface area contributed by atoms with E-state index in [1.165, 1.54) is 0 Å². The second kappa shape index (κ2) is 8.13. The quantitative estimate of drug-likeness (QED) is 0.872. The molecule has 1 saturated heterocycles. The predicted molar refractivity (Wildman–Crippen MR) is 102 cm³/mol. The zero-order valence-electron chi connectivity index (χ0n) is 15.7. The van der Waals surface area contributed by atoms with Gasteiger partial charge in [0, 0.05) is 11.2 Å². The van der Waals surface area contributed by atoms with E-state index in [4.69, 9.17) is 4.74 Å². The van der Waals surface area contributed by atoms with E-state index in [2.05, 4.69) is 5.32 Å². The predicted octanol–water partition coefficient (Wildman–Crippen LogP) is 3.21. The molecule has 25 heavy (non-hydrogen) atoms. The van der Waals surface area contributed by atoms with E-state index in [0.717, 1.165) is 11.3 Å². The monoisotopic (exact) mass is 364 g/mol. The summed E-state index contributed by atoms with van der Waals surface area (Å²) in [4.78, 5) is 27.0. The molecule has 2 amide bonds. The third kappa shape index (κ3) is 4.91. The minimum Gasteiger partial charge on any atom is -0.494 e. The second-order valence-electron chi connectivity index (χ2n) is 7.28. The lowest BCUT2D eigenvalue weighted by molar-refractivity contribution is -0.144. The number of amides is 2. The highest BCUT2D eigenvalue weighted by Crippen LogP contribution is 2.28. The van der Waals surface area contributed by atoms with Gasteiger partial charge in [-0.05, 0) is 31.5 Å². The molecule has 0 saturated carbocycles. The van der Waals surface area contributed by atoms with E-state index in [0.29, 0.717) is 18.2 Å². The summed E-state index contributed by atoms with van der Waals surface area (Å²) < 4.78 is 5.52. The molecule has 0 spiro atoms. The largest absolute Gasteiger partial charge is 0.494 e. The standard InChI is InChI=1S/C19H28N2O3S/c1-6-24-15-9-7-8-14(10-15)13(2)20-17(22)16-11-25-12-21(16)18(23)19(3,4)5/h7-10,13,16H,6,11-12H2,1-5H3,(H,20,22). The van der Waals surface area contributed by atoms with Gasteiger partial charge in [0.2, 0.25) is 11.8 Å². The van der Waals surface area contributed by atoms with E-state index in [1.807, 2.05) is 58.9 Å². The number of hydrogen-bond acceptors (Lipinski definition) is 4. The molecule has 1 aliphatic heterocycles. The second-order valence-corrected chi connectivity index (χ2v) is 8.28. The van der Waals surface area contributed by atoms with Crippen molar-refractivity contribution in [3.63, 3.8) is 0 Å². The zero-order chi connectivity index (χ0) is 18.6. The Hall–Kier alpha value is -1.69. The van der Waals surface area contributed by atoms with Gasteiger partial charge < -0.3 is 15.0 Å². The van der Waals surface area contributed by atoms with Gasteiger partial charge in [-0.1, -0.05) is 32.9 Å². The maximum atomic E-state index is 12.7. The summed E-state index contributed by atoms with van der Waals surface area (Å²) in [5.41, 5.74) is 0.500. The van der Waals surface area contributed by atoms with Gasteiger partial charge in [-0.2, -0.15) is 0 Å². The Morgan fingerprint density at radius 3 is 2.76 bits per heavy atom. The van der Waals surface area contributed by atoms with Gasteiger partial charge in [0.25, 0.3) is 0 Å². The number of thioether (sulfide) groups is 1. The van der Waals surface area contributed by atoms with Crippen LogP contribution < -0.4 is 10.1 Å². The first-order chi connectivity index (χ1) is 11.7. The Morgan fingerprint density at radius 1 is 1.40 bits per heavy atom. The minimum atomic E-state index is -0.485. The number of hydrogen-bond donors (Lipinski definition) is 1. The maximum absolute atomic E-state index is 12.7. The lowest BCUT2D eigenvalue weighted by Gasteiger charge is -2.30. The molecule has 1 N–H and O–H groups in total.